The number of likely N-dealkylation sites (tertiary alicyclic amines) is 2. The third-order valence-electron chi connectivity index (χ3n) is 9.22. The Morgan fingerprint density at radius 3 is 2.04 bits per heavy atom. The molecule has 1 unspecified atom stereocenters. The number of carbonyl (C=O) groups is 7. The Morgan fingerprint density at radius 2 is 1.54 bits per heavy atom. The van der Waals surface area contributed by atoms with Crippen molar-refractivity contribution in [3.05, 3.63) is 12.7 Å². The van der Waals surface area contributed by atoms with Gasteiger partial charge in [0.2, 0.25) is 29.4 Å². The first-order valence-corrected chi connectivity index (χ1v) is 17.2. The number of hydrogen-bond donors (Lipinski definition) is 4. The van der Waals surface area contributed by atoms with Crippen LogP contribution in [0.3, 0.4) is 0 Å². The third-order valence-corrected chi connectivity index (χ3v) is 9.22. The van der Waals surface area contributed by atoms with Gasteiger partial charge in [-0.3, -0.25) is 33.7 Å². The number of ketones is 1. The Bertz CT molecular complexity index is 1220. The number of carbonyl (C=O) groups excluding carboxylic acids is 7. The largest absolute Gasteiger partial charge is 0.346 e. The number of imide groups is 1. The van der Waals surface area contributed by atoms with E-state index in [0.717, 1.165) is 6.42 Å². The summed E-state index contributed by atoms with van der Waals surface area (Å²) in [5, 5.41) is 11.0. The van der Waals surface area contributed by atoms with Gasteiger partial charge in [-0.15, -0.1) is 6.58 Å². The summed E-state index contributed by atoms with van der Waals surface area (Å²) in [6, 6.07) is -4.26. The zero-order valence-electron chi connectivity index (χ0n) is 30.4. The molecule has 2 saturated heterocycles. The molecular weight excluding hydrogens is 616 g/mol. The molecule has 7 amide bonds. The molecule has 0 aromatic rings. The number of rotatable bonds is 15. The molecule has 270 valence electrons. The fourth-order valence-corrected chi connectivity index (χ4v) is 6.13. The average molecular weight is 675 g/mol. The number of nitrogens with one attached hydrogen (secondary N) is 4. The van der Waals surface area contributed by atoms with Gasteiger partial charge in [0.25, 0.3) is 5.91 Å². The van der Waals surface area contributed by atoms with Gasteiger partial charge in [-0.05, 0) is 35.5 Å². The number of urea groups is 1. The molecule has 2 heterocycles. The fourth-order valence-electron chi connectivity index (χ4n) is 6.13. The molecule has 2 fully saturated rings. The molecule has 2 rings (SSSR count). The van der Waals surface area contributed by atoms with Gasteiger partial charge in [-0.2, -0.15) is 0 Å². The highest BCUT2D eigenvalue weighted by Gasteiger charge is 2.48. The van der Waals surface area contributed by atoms with E-state index in [-0.39, 0.29) is 62.5 Å². The molecule has 0 radical (unpaired) electrons. The molecule has 5 atom stereocenters. The van der Waals surface area contributed by atoms with Crippen LogP contribution in [0.4, 0.5) is 4.79 Å². The van der Waals surface area contributed by atoms with E-state index in [1.807, 2.05) is 62.3 Å². The predicted molar refractivity (Wildman–Crippen MR) is 182 cm³/mol. The van der Waals surface area contributed by atoms with Crippen LogP contribution in [-0.2, 0) is 28.8 Å². The van der Waals surface area contributed by atoms with Gasteiger partial charge in [0.1, 0.15) is 12.1 Å². The smallest absolute Gasteiger partial charge is 0.315 e. The first kappa shape index (κ1) is 40.4. The second-order valence-corrected chi connectivity index (χ2v) is 15.5. The van der Waals surface area contributed by atoms with E-state index in [2.05, 4.69) is 27.8 Å². The van der Waals surface area contributed by atoms with E-state index < -0.39 is 64.5 Å². The first-order chi connectivity index (χ1) is 22.2. The molecule has 0 aliphatic carbocycles. The monoisotopic (exact) mass is 674 g/mol. The molecule has 13 heteroatoms. The third kappa shape index (κ3) is 10.6. The molecule has 0 aromatic heterocycles. The van der Waals surface area contributed by atoms with Crippen molar-refractivity contribution in [1.82, 2.24) is 31.1 Å². The van der Waals surface area contributed by atoms with Crippen molar-refractivity contribution in [2.45, 2.75) is 125 Å². The summed E-state index contributed by atoms with van der Waals surface area (Å²) in [5.41, 5.74) is -1.30. The van der Waals surface area contributed by atoms with Crippen LogP contribution < -0.4 is 21.3 Å². The van der Waals surface area contributed by atoms with Crippen LogP contribution in [0, 0.1) is 22.7 Å². The molecule has 0 spiro atoms. The van der Waals surface area contributed by atoms with Gasteiger partial charge in [-0.1, -0.05) is 81.2 Å². The molecule has 48 heavy (non-hydrogen) atoms. The lowest BCUT2D eigenvalue weighted by atomic mass is 9.84. The van der Waals surface area contributed by atoms with Crippen molar-refractivity contribution in [3.63, 3.8) is 0 Å². The van der Waals surface area contributed by atoms with Crippen molar-refractivity contribution in [2.24, 2.45) is 22.7 Å². The Morgan fingerprint density at radius 1 is 0.938 bits per heavy atom. The minimum atomic E-state index is -1.06. The van der Waals surface area contributed by atoms with Crippen LogP contribution in [0.25, 0.3) is 0 Å². The average Bonchev–Trinajstić information content (AvgIpc) is 3.58. The van der Waals surface area contributed by atoms with Crippen molar-refractivity contribution in [3.8, 4) is 0 Å². The van der Waals surface area contributed by atoms with E-state index in [0.29, 0.717) is 12.8 Å². The highest BCUT2D eigenvalue weighted by atomic mass is 16.2. The standard InChI is InChI=1S/C35H58N6O7/c1-11-13-14-23(28(44)31(46)36-18-12-2)37-30(45)27-22(21(3)4)17-19-40(27)32(47)29(35(8,9)10)39-33(48)38-24(34(5,6)7)20-41-25(42)15-16-26(41)43/h12,21-24,27,29H,2,11,13-20H2,1,3-10H3,(H,36,46)(H,37,45)(H2,38,39,48)/t22-,23?,24-,27+,29-/m1/s1. The Labute approximate surface area is 285 Å². The molecule has 4 N–H and O–H groups in total. The van der Waals surface area contributed by atoms with Crippen molar-refractivity contribution < 1.29 is 33.6 Å². The van der Waals surface area contributed by atoms with Crippen molar-refractivity contribution in [1.29, 1.82) is 0 Å². The maximum absolute atomic E-state index is 14.3. The SMILES string of the molecule is C=CCNC(=O)C(=O)C(CCCC)NC(=O)[C@@H]1[C@@H](C(C)C)CCN1C(=O)[C@@H](NC(=O)N[C@H](CN1C(=O)CCC1=O)C(C)(C)C)C(C)(C)C. The topological polar surface area (TPSA) is 174 Å². The van der Waals surface area contributed by atoms with Crippen LogP contribution in [0.2, 0.25) is 0 Å². The summed E-state index contributed by atoms with van der Waals surface area (Å²) in [6.07, 6.45) is 3.90. The van der Waals surface area contributed by atoms with Crippen LogP contribution in [0.1, 0.15) is 101 Å². The molecular formula is C35H58N6O7. The van der Waals surface area contributed by atoms with Crippen LogP contribution in [0.5, 0.6) is 0 Å². The zero-order chi connectivity index (χ0) is 36.6. The highest BCUT2D eigenvalue weighted by Crippen LogP contribution is 2.33. The molecule has 0 aromatic carbocycles. The fraction of sp³-hybridized carbons (Fsp3) is 0.743. The van der Waals surface area contributed by atoms with Gasteiger partial charge in [0.05, 0.1) is 12.1 Å². The van der Waals surface area contributed by atoms with E-state index in [4.69, 9.17) is 0 Å². The number of unbranched alkanes of at least 4 members (excludes halogenated alkanes) is 1. The number of amides is 7. The maximum atomic E-state index is 14.3. The summed E-state index contributed by atoms with van der Waals surface area (Å²) >= 11 is 0. The van der Waals surface area contributed by atoms with Crippen LogP contribution >= 0.6 is 0 Å². The van der Waals surface area contributed by atoms with Crippen LogP contribution in [0.15, 0.2) is 12.7 Å². The predicted octanol–water partition coefficient (Wildman–Crippen LogP) is 2.68. The zero-order valence-corrected chi connectivity index (χ0v) is 30.4. The van der Waals surface area contributed by atoms with Gasteiger partial charge < -0.3 is 26.2 Å². The first-order valence-electron chi connectivity index (χ1n) is 17.2. The molecule has 2 aliphatic rings. The van der Waals surface area contributed by atoms with E-state index in [1.165, 1.54) is 15.9 Å². The lowest BCUT2D eigenvalue weighted by Gasteiger charge is -2.38. The molecule has 0 saturated carbocycles. The van der Waals surface area contributed by atoms with E-state index >= 15 is 0 Å². The Hall–Kier alpha value is -3.77. The van der Waals surface area contributed by atoms with Gasteiger partial charge in [-0.25, -0.2) is 4.79 Å². The molecule has 13 nitrogen and oxygen atoms in total. The van der Waals surface area contributed by atoms with E-state index in [9.17, 15) is 33.6 Å². The molecule has 2 aliphatic heterocycles. The minimum absolute atomic E-state index is 0.0106. The summed E-state index contributed by atoms with van der Waals surface area (Å²) in [7, 11) is 0. The summed E-state index contributed by atoms with van der Waals surface area (Å²) in [6.45, 7) is 20.9. The van der Waals surface area contributed by atoms with E-state index in [1.54, 1.807) is 0 Å². The number of Topliss-reactive ketones (excluding diaryl/α,β-unsaturated/α-hetero) is 1. The van der Waals surface area contributed by atoms with Crippen molar-refractivity contribution >= 4 is 41.4 Å². The second-order valence-electron chi connectivity index (χ2n) is 15.5. The van der Waals surface area contributed by atoms with Gasteiger partial charge in [0.15, 0.2) is 0 Å². The minimum Gasteiger partial charge on any atom is -0.346 e. The summed E-state index contributed by atoms with van der Waals surface area (Å²) in [4.78, 5) is 94.7. The molecule has 0 bridgehead atoms. The highest BCUT2D eigenvalue weighted by molar-refractivity contribution is 6.38. The number of hydrogen-bond acceptors (Lipinski definition) is 7. The summed E-state index contributed by atoms with van der Waals surface area (Å²) in [5.74, 6) is -3.30. The van der Waals surface area contributed by atoms with Crippen molar-refractivity contribution in [2.75, 3.05) is 19.6 Å². The maximum Gasteiger partial charge on any atom is 0.315 e. The van der Waals surface area contributed by atoms with Crippen LogP contribution in [-0.4, -0.2) is 95.0 Å². The van der Waals surface area contributed by atoms with Gasteiger partial charge >= 0.3 is 6.03 Å². The Balaban J connectivity index is 2.34. The summed E-state index contributed by atoms with van der Waals surface area (Å²) < 4.78 is 0. The number of nitrogens with zero attached hydrogens (tertiary/aromatic N) is 2. The lowest BCUT2D eigenvalue weighted by Crippen LogP contribution is -2.62. The van der Waals surface area contributed by atoms with Gasteiger partial charge in [0, 0.05) is 32.5 Å². The normalized spacial score (nSPS) is 20.3. The quantitative estimate of drug-likeness (QED) is 0.117. The second kappa shape index (κ2) is 17.1. The lowest BCUT2D eigenvalue weighted by molar-refractivity contribution is -0.144. The Kier molecular flexibility index (Phi) is 14.4.